The van der Waals surface area contributed by atoms with Gasteiger partial charge in [-0.05, 0) is 29.3 Å². The molecule has 46 valence electrons. The van der Waals surface area contributed by atoms with Crippen LogP contribution in [0.5, 0.6) is 0 Å². The largest absolute Gasteiger partial charge is 0.198 e. The van der Waals surface area contributed by atoms with E-state index in [1.54, 1.807) is 11.3 Å². The maximum absolute atomic E-state index is 8.46. The van der Waals surface area contributed by atoms with Gasteiger partial charge in [-0.1, -0.05) is 0 Å². The van der Waals surface area contributed by atoms with E-state index in [1.165, 1.54) is 0 Å². The fourth-order valence-corrected chi connectivity index (χ4v) is 1.35. The van der Waals surface area contributed by atoms with Crippen molar-refractivity contribution >= 4 is 11.3 Å². The minimum Gasteiger partial charge on any atom is -0.198 e. The van der Waals surface area contributed by atoms with Crippen LogP contribution in [-0.4, -0.2) is 0 Å². The lowest BCUT2D eigenvalue weighted by Crippen LogP contribution is -1.82. The highest BCUT2D eigenvalue weighted by Gasteiger charge is 2.01. The van der Waals surface area contributed by atoms with Gasteiger partial charge in [-0.3, -0.25) is 0 Å². The average Bonchev–Trinajstić information content (AvgIpc) is 2.37. The molecule has 0 amide bonds. The van der Waals surface area contributed by atoms with Gasteiger partial charge in [0.05, 0.1) is 12.0 Å². The van der Waals surface area contributed by atoms with Crippen LogP contribution in [0.15, 0.2) is 16.8 Å². The van der Waals surface area contributed by atoms with Crippen LogP contribution in [-0.2, 0) is 0 Å². The van der Waals surface area contributed by atoms with Gasteiger partial charge in [0.1, 0.15) is 0 Å². The molecule has 0 saturated carbocycles. The summed E-state index contributed by atoms with van der Waals surface area (Å²) in [7, 11) is 0. The highest BCUT2D eigenvalue weighted by atomic mass is 32.1. The second-order valence-electron chi connectivity index (χ2n) is 1.91. The zero-order valence-electron chi connectivity index (χ0n) is 5.16. The summed E-state index contributed by atoms with van der Waals surface area (Å²) in [5.41, 5.74) is 1.13. The van der Waals surface area contributed by atoms with Crippen molar-refractivity contribution < 1.29 is 0 Å². The molecule has 1 nitrogen and oxygen atoms in total. The minimum atomic E-state index is 0.0521. The quantitative estimate of drug-likeness (QED) is 0.583. The lowest BCUT2D eigenvalue weighted by atomic mass is 10.1. The first-order valence-electron chi connectivity index (χ1n) is 2.76. The van der Waals surface area contributed by atoms with Crippen molar-refractivity contribution in [3.8, 4) is 6.07 Å². The Kier molecular flexibility index (Phi) is 1.86. The Balaban J connectivity index is 2.80. The summed E-state index contributed by atoms with van der Waals surface area (Å²) >= 11 is 1.63. The van der Waals surface area contributed by atoms with Crippen molar-refractivity contribution in [3.63, 3.8) is 0 Å². The summed E-state index contributed by atoms with van der Waals surface area (Å²) in [6.07, 6.45) is 0. The van der Waals surface area contributed by atoms with E-state index in [9.17, 15) is 0 Å². The van der Waals surface area contributed by atoms with Gasteiger partial charge in [0.2, 0.25) is 0 Å². The summed E-state index contributed by atoms with van der Waals surface area (Å²) in [4.78, 5) is 0. The molecule has 0 fully saturated rings. The summed E-state index contributed by atoms with van der Waals surface area (Å²) in [5, 5.41) is 12.5. The molecule has 2 heteroatoms. The topological polar surface area (TPSA) is 23.8 Å². The van der Waals surface area contributed by atoms with E-state index < -0.39 is 0 Å². The van der Waals surface area contributed by atoms with Gasteiger partial charge in [0.15, 0.2) is 0 Å². The third-order valence-corrected chi connectivity index (χ3v) is 1.94. The normalized spacial score (nSPS) is 12.4. The van der Waals surface area contributed by atoms with Crippen LogP contribution >= 0.6 is 11.3 Å². The zero-order valence-corrected chi connectivity index (χ0v) is 5.98. The second kappa shape index (κ2) is 2.65. The van der Waals surface area contributed by atoms with E-state index in [0.29, 0.717) is 0 Å². The number of nitrogens with zero attached hydrogens (tertiary/aromatic N) is 1. The molecule has 0 aromatic carbocycles. The molecule has 0 N–H and O–H groups in total. The van der Waals surface area contributed by atoms with Gasteiger partial charge < -0.3 is 0 Å². The minimum absolute atomic E-state index is 0.0521. The molecule has 1 aromatic heterocycles. The number of nitriles is 1. The van der Waals surface area contributed by atoms with E-state index in [4.69, 9.17) is 5.26 Å². The van der Waals surface area contributed by atoms with Gasteiger partial charge >= 0.3 is 0 Å². The molecule has 9 heavy (non-hydrogen) atoms. The molecule has 0 aliphatic carbocycles. The maximum Gasteiger partial charge on any atom is 0.0701 e. The summed E-state index contributed by atoms with van der Waals surface area (Å²) in [6, 6.07) is 4.16. The monoisotopic (exact) mass is 137 g/mol. The van der Waals surface area contributed by atoms with Crippen LogP contribution in [0.4, 0.5) is 0 Å². The Bertz CT molecular complexity index is 207. The van der Waals surface area contributed by atoms with Crippen LogP contribution in [0.2, 0.25) is 0 Å². The molecular formula is C7H7NS. The van der Waals surface area contributed by atoms with E-state index in [-0.39, 0.29) is 5.92 Å². The second-order valence-corrected chi connectivity index (χ2v) is 2.69. The molecular weight excluding hydrogens is 130 g/mol. The molecule has 1 unspecified atom stereocenters. The van der Waals surface area contributed by atoms with Crippen LogP contribution in [0.1, 0.15) is 18.4 Å². The molecule has 1 rings (SSSR count). The molecule has 0 aliphatic rings. The van der Waals surface area contributed by atoms with Crippen molar-refractivity contribution in [2.24, 2.45) is 0 Å². The van der Waals surface area contributed by atoms with Crippen molar-refractivity contribution in [1.29, 1.82) is 5.26 Å². The van der Waals surface area contributed by atoms with E-state index in [0.717, 1.165) is 5.56 Å². The third kappa shape index (κ3) is 1.30. The lowest BCUT2D eigenvalue weighted by Gasteiger charge is -1.93. The first-order valence-corrected chi connectivity index (χ1v) is 3.70. The Morgan fingerprint density at radius 1 is 1.78 bits per heavy atom. The van der Waals surface area contributed by atoms with Crippen molar-refractivity contribution in [2.75, 3.05) is 0 Å². The predicted molar refractivity (Wildman–Crippen MR) is 38.3 cm³/mol. The standard InChI is InChI=1S/C7H7NS/c1-6(4-8)7-2-3-9-5-7/h2-3,5-6H,1H3. The van der Waals surface area contributed by atoms with Crippen molar-refractivity contribution in [3.05, 3.63) is 22.4 Å². The predicted octanol–water partition coefficient (Wildman–Crippen LogP) is 2.38. The van der Waals surface area contributed by atoms with E-state index >= 15 is 0 Å². The molecule has 0 saturated heterocycles. The Hall–Kier alpha value is -0.810. The lowest BCUT2D eigenvalue weighted by molar-refractivity contribution is 0.990. The Morgan fingerprint density at radius 3 is 3.00 bits per heavy atom. The summed E-state index contributed by atoms with van der Waals surface area (Å²) < 4.78 is 0. The number of rotatable bonds is 1. The highest BCUT2D eigenvalue weighted by Crippen LogP contribution is 2.16. The van der Waals surface area contributed by atoms with Crippen LogP contribution < -0.4 is 0 Å². The fourth-order valence-electron chi connectivity index (χ4n) is 0.596. The van der Waals surface area contributed by atoms with Gasteiger partial charge in [-0.2, -0.15) is 16.6 Å². The van der Waals surface area contributed by atoms with Crippen molar-refractivity contribution in [2.45, 2.75) is 12.8 Å². The zero-order chi connectivity index (χ0) is 6.69. The molecule has 0 aliphatic heterocycles. The van der Waals surface area contributed by atoms with Crippen LogP contribution in [0, 0.1) is 11.3 Å². The number of hydrogen-bond donors (Lipinski definition) is 0. The Morgan fingerprint density at radius 2 is 2.56 bits per heavy atom. The molecule has 1 atom stereocenters. The van der Waals surface area contributed by atoms with Gasteiger partial charge in [-0.25, -0.2) is 0 Å². The maximum atomic E-state index is 8.46. The average molecular weight is 137 g/mol. The van der Waals surface area contributed by atoms with Gasteiger partial charge in [-0.15, -0.1) is 0 Å². The fraction of sp³-hybridized carbons (Fsp3) is 0.286. The SMILES string of the molecule is CC(C#N)c1ccsc1. The van der Waals surface area contributed by atoms with E-state index in [1.807, 2.05) is 23.8 Å². The highest BCUT2D eigenvalue weighted by molar-refractivity contribution is 7.07. The summed E-state index contributed by atoms with van der Waals surface area (Å²) in [5.74, 6) is 0.0521. The Labute approximate surface area is 58.6 Å². The van der Waals surface area contributed by atoms with Crippen molar-refractivity contribution in [1.82, 2.24) is 0 Å². The third-order valence-electron chi connectivity index (χ3n) is 1.24. The molecule has 1 heterocycles. The van der Waals surface area contributed by atoms with Crippen LogP contribution in [0.25, 0.3) is 0 Å². The first-order chi connectivity index (χ1) is 4.34. The van der Waals surface area contributed by atoms with Gasteiger partial charge in [0.25, 0.3) is 0 Å². The van der Waals surface area contributed by atoms with E-state index in [2.05, 4.69) is 6.07 Å². The number of hydrogen-bond acceptors (Lipinski definition) is 2. The summed E-state index contributed by atoms with van der Waals surface area (Å²) in [6.45, 7) is 1.90. The molecule has 1 aromatic rings. The molecule has 0 radical (unpaired) electrons. The van der Waals surface area contributed by atoms with Crippen LogP contribution in [0.3, 0.4) is 0 Å². The first kappa shape index (κ1) is 6.31. The molecule has 0 bridgehead atoms. The molecule has 0 spiro atoms. The smallest absolute Gasteiger partial charge is 0.0701 e. The van der Waals surface area contributed by atoms with Gasteiger partial charge in [0, 0.05) is 0 Å². The number of thiophene rings is 1.